The highest BCUT2D eigenvalue weighted by molar-refractivity contribution is 5.77. The van der Waals surface area contributed by atoms with Gasteiger partial charge in [-0.3, -0.25) is 4.79 Å². The van der Waals surface area contributed by atoms with Crippen LogP contribution in [0.25, 0.3) is 0 Å². The number of amides is 1. The molecule has 0 aliphatic rings. The van der Waals surface area contributed by atoms with Gasteiger partial charge in [0.25, 0.3) is 0 Å². The smallest absolute Gasteiger partial charge is 0.342 e. The number of carbonyl (C=O) groups excluding carboxylic acids is 2. The molecular weight excluding hydrogens is 246 g/mol. The lowest BCUT2D eigenvalue weighted by Crippen LogP contribution is -2.34. The molecule has 0 saturated heterocycles. The zero-order valence-corrected chi connectivity index (χ0v) is 12.1. The zero-order chi connectivity index (χ0) is 14.6. The minimum atomic E-state index is -0.528. The summed E-state index contributed by atoms with van der Waals surface area (Å²) in [6.07, 6.45) is 0. The van der Waals surface area contributed by atoms with Crippen molar-refractivity contribution in [1.82, 2.24) is 15.1 Å². The Morgan fingerprint density at radius 1 is 1.37 bits per heavy atom. The number of ether oxygens (including phenoxy) is 1. The van der Waals surface area contributed by atoms with E-state index in [0.29, 0.717) is 0 Å². The van der Waals surface area contributed by atoms with Crippen molar-refractivity contribution in [1.29, 1.82) is 0 Å². The molecule has 0 radical (unpaired) electrons. The number of aromatic nitrogens is 2. The number of carbonyl (C=O) groups is 2. The molecule has 0 aromatic carbocycles. The van der Waals surface area contributed by atoms with Gasteiger partial charge in [-0.15, -0.1) is 0 Å². The van der Waals surface area contributed by atoms with Crippen molar-refractivity contribution in [3.05, 3.63) is 17.5 Å². The van der Waals surface area contributed by atoms with E-state index in [4.69, 9.17) is 4.74 Å². The fourth-order valence-electron chi connectivity index (χ4n) is 1.43. The Morgan fingerprint density at radius 3 is 2.47 bits per heavy atom. The van der Waals surface area contributed by atoms with Crippen LogP contribution in [0.5, 0.6) is 0 Å². The fraction of sp³-hybridized carbons (Fsp3) is 0.615. The maximum absolute atomic E-state index is 11.8. The van der Waals surface area contributed by atoms with Crippen LogP contribution in [0.15, 0.2) is 6.07 Å². The van der Waals surface area contributed by atoms with Crippen LogP contribution in [0.2, 0.25) is 0 Å². The van der Waals surface area contributed by atoms with Gasteiger partial charge in [0, 0.05) is 5.69 Å². The second-order valence-corrected chi connectivity index (χ2v) is 5.46. The summed E-state index contributed by atoms with van der Waals surface area (Å²) in [5.74, 6) is -0.284. The maximum Gasteiger partial charge on any atom is 0.342 e. The Bertz CT molecular complexity index is 472. The van der Waals surface area contributed by atoms with E-state index >= 15 is 0 Å². The highest BCUT2D eigenvalue weighted by Gasteiger charge is 2.22. The van der Waals surface area contributed by atoms with Gasteiger partial charge in [0.2, 0.25) is 0 Å². The third-order valence-corrected chi connectivity index (χ3v) is 2.43. The van der Waals surface area contributed by atoms with Crippen LogP contribution in [0.1, 0.15) is 32.2 Å². The van der Waals surface area contributed by atoms with Crippen LogP contribution in [0.3, 0.4) is 0 Å². The number of aryl methyl sites for hydroxylation is 2. The average Bonchev–Trinajstić information content (AvgIpc) is 2.62. The van der Waals surface area contributed by atoms with E-state index < -0.39 is 5.41 Å². The lowest BCUT2D eigenvalue weighted by molar-refractivity contribution is -0.152. The highest BCUT2D eigenvalue weighted by Crippen LogP contribution is 2.14. The average molecular weight is 267 g/mol. The predicted octanol–water partition coefficient (Wildman–Crippen LogP) is 1.65. The third-order valence-electron chi connectivity index (χ3n) is 2.43. The van der Waals surface area contributed by atoms with Crippen molar-refractivity contribution in [3.8, 4) is 0 Å². The molecule has 0 fully saturated rings. The van der Waals surface area contributed by atoms with Crippen LogP contribution in [0, 0.1) is 19.3 Å². The molecule has 106 valence electrons. The summed E-state index contributed by atoms with van der Waals surface area (Å²) in [6.45, 7) is 9.39. The molecule has 6 nitrogen and oxygen atoms in total. The molecule has 0 aliphatic heterocycles. The standard InChI is InChI=1S/C13H21N3O3/c1-9-8-10(2)16(15-9)12(18)14-6-7-19-11(17)13(3,4)5/h8H,6-7H2,1-5H3,(H,14,18). The molecule has 1 aromatic rings. The number of hydrogen-bond donors (Lipinski definition) is 1. The number of hydrogen-bond acceptors (Lipinski definition) is 4. The summed E-state index contributed by atoms with van der Waals surface area (Å²) in [5, 5.41) is 6.70. The summed E-state index contributed by atoms with van der Waals surface area (Å²) in [7, 11) is 0. The van der Waals surface area contributed by atoms with Gasteiger partial charge < -0.3 is 10.1 Å². The van der Waals surface area contributed by atoms with Gasteiger partial charge in [-0.1, -0.05) is 0 Å². The minimum Gasteiger partial charge on any atom is -0.463 e. The molecular formula is C13H21N3O3. The summed E-state index contributed by atoms with van der Waals surface area (Å²) in [4.78, 5) is 23.3. The van der Waals surface area contributed by atoms with E-state index in [9.17, 15) is 9.59 Å². The van der Waals surface area contributed by atoms with Crippen molar-refractivity contribution in [2.24, 2.45) is 5.41 Å². The zero-order valence-electron chi connectivity index (χ0n) is 12.1. The van der Waals surface area contributed by atoms with E-state index in [1.807, 2.05) is 13.0 Å². The highest BCUT2D eigenvalue weighted by atomic mass is 16.5. The van der Waals surface area contributed by atoms with E-state index in [1.54, 1.807) is 27.7 Å². The number of esters is 1. The van der Waals surface area contributed by atoms with Crippen molar-refractivity contribution in [2.45, 2.75) is 34.6 Å². The molecule has 6 heteroatoms. The Balaban J connectivity index is 2.36. The van der Waals surface area contributed by atoms with Gasteiger partial charge in [0.05, 0.1) is 17.7 Å². The molecule has 1 heterocycles. The van der Waals surface area contributed by atoms with E-state index in [-0.39, 0.29) is 25.2 Å². The summed E-state index contributed by atoms with van der Waals surface area (Å²) in [6, 6.07) is 1.50. The molecule has 1 N–H and O–H groups in total. The first-order valence-electron chi connectivity index (χ1n) is 6.20. The molecule has 0 saturated carbocycles. The lowest BCUT2D eigenvalue weighted by Gasteiger charge is -2.16. The Morgan fingerprint density at radius 2 is 2.00 bits per heavy atom. The summed E-state index contributed by atoms with van der Waals surface area (Å²) in [5.41, 5.74) is 1.02. The molecule has 0 bridgehead atoms. The monoisotopic (exact) mass is 267 g/mol. The van der Waals surface area contributed by atoms with Gasteiger partial charge >= 0.3 is 12.0 Å². The number of nitrogens with zero attached hydrogens (tertiary/aromatic N) is 2. The summed E-state index contributed by atoms with van der Waals surface area (Å²) < 4.78 is 6.34. The van der Waals surface area contributed by atoms with Gasteiger partial charge in [0.1, 0.15) is 6.61 Å². The Hall–Kier alpha value is -1.85. The first-order valence-corrected chi connectivity index (χ1v) is 6.20. The van der Waals surface area contributed by atoms with Crippen LogP contribution in [-0.2, 0) is 9.53 Å². The van der Waals surface area contributed by atoms with E-state index in [1.165, 1.54) is 4.68 Å². The molecule has 1 aromatic heterocycles. The van der Waals surface area contributed by atoms with E-state index in [2.05, 4.69) is 10.4 Å². The topological polar surface area (TPSA) is 73.2 Å². The van der Waals surface area contributed by atoms with Gasteiger partial charge in [-0.25, -0.2) is 4.79 Å². The lowest BCUT2D eigenvalue weighted by atomic mass is 9.97. The van der Waals surface area contributed by atoms with Gasteiger partial charge in [0.15, 0.2) is 0 Å². The fourth-order valence-corrected chi connectivity index (χ4v) is 1.43. The molecule has 1 amide bonds. The quantitative estimate of drug-likeness (QED) is 0.667. The third kappa shape index (κ3) is 4.39. The molecule has 1 rings (SSSR count). The maximum atomic E-state index is 11.8. The molecule has 0 aliphatic carbocycles. The summed E-state index contributed by atoms with van der Waals surface area (Å²) >= 11 is 0. The largest absolute Gasteiger partial charge is 0.463 e. The molecule has 0 spiro atoms. The van der Waals surface area contributed by atoms with Crippen molar-refractivity contribution in [2.75, 3.05) is 13.2 Å². The number of rotatable bonds is 3. The number of nitrogens with one attached hydrogen (secondary N) is 1. The van der Waals surface area contributed by atoms with Crippen LogP contribution in [-0.4, -0.2) is 34.9 Å². The van der Waals surface area contributed by atoms with Gasteiger partial charge in [-0.2, -0.15) is 9.78 Å². The Labute approximate surface area is 113 Å². The van der Waals surface area contributed by atoms with Gasteiger partial charge in [-0.05, 0) is 40.7 Å². The second-order valence-electron chi connectivity index (χ2n) is 5.46. The predicted molar refractivity (Wildman–Crippen MR) is 70.9 cm³/mol. The van der Waals surface area contributed by atoms with Crippen molar-refractivity contribution >= 4 is 12.0 Å². The SMILES string of the molecule is Cc1cc(C)n(C(=O)NCCOC(=O)C(C)(C)C)n1. The second kappa shape index (κ2) is 5.86. The van der Waals surface area contributed by atoms with Crippen molar-refractivity contribution < 1.29 is 14.3 Å². The van der Waals surface area contributed by atoms with E-state index in [0.717, 1.165) is 11.4 Å². The van der Waals surface area contributed by atoms with Crippen molar-refractivity contribution in [3.63, 3.8) is 0 Å². The van der Waals surface area contributed by atoms with Crippen LogP contribution < -0.4 is 5.32 Å². The molecule has 0 atom stereocenters. The van der Waals surface area contributed by atoms with Crippen LogP contribution >= 0.6 is 0 Å². The first kappa shape index (κ1) is 15.2. The van der Waals surface area contributed by atoms with Crippen LogP contribution in [0.4, 0.5) is 4.79 Å². The molecule has 0 unspecified atom stereocenters. The minimum absolute atomic E-state index is 0.154. The Kier molecular flexibility index (Phi) is 4.69. The first-order chi connectivity index (χ1) is 8.71. The normalized spacial score (nSPS) is 11.2. The molecule has 19 heavy (non-hydrogen) atoms.